The maximum atomic E-state index is 14.4. The van der Waals surface area contributed by atoms with E-state index in [9.17, 15) is 14.4 Å². The first-order valence-corrected chi connectivity index (χ1v) is 29.0. The van der Waals surface area contributed by atoms with Crippen LogP contribution >= 0.6 is 0 Å². The third kappa shape index (κ3) is 42.2. The lowest BCUT2D eigenvalue weighted by atomic mass is 9.92. The minimum atomic E-state index is -0.00290. The molecule has 386 valence electrons. The zero-order valence-corrected chi connectivity index (χ0v) is 45.0. The highest BCUT2D eigenvalue weighted by Crippen LogP contribution is 2.24. The number of esters is 2. The van der Waals surface area contributed by atoms with Gasteiger partial charge in [-0.3, -0.25) is 14.4 Å². The van der Waals surface area contributed by atoms with Crippen LogP contribution in [-0.2, 0) is 23.9 Å². The van der Waals surface area contributed by atoms with Crippen LogP contribution in [0.1, 0.15) is 304 Å². The Labute approximate surface area is 406 Å². The zero-order chi connectivity index (χ0) is 47.9. The molecule has 0 aliphatic rings. The number of hydrogen-bond acceptors (Lipinski definition) is 6. The quantitative estimate of drug-likeness (QED) is 0.0447. The van der Waals surface area contributed by atoms with Crippen LogP contribution in [0.5, 0.6) is 0 Å². The van der Waals surface area contributed by atoms with Gasteiger partial charge in [-0.25, -0.2) is 0 Å². The topological polar surface area (TPSA) is 76.2 Å². The summed E-state index contributed by atoms with van der Waals surface area (Å²) in [5.41, 5.74) is 0. The van der Waals surface area contributed by atoms with Crippen LogP contribution in [0, 0.1) is 5.92 Å². The number of unbranched alkanes of at least 4 members (excludes halogenated alkanes) is 26. The minimum Gasteiger partial charge on any atom is -0.462 e. The molecular formula is C58H114N2O5. The molecule has 0 aromatic heterocycles. The highest BCUT2D eigenvalue weighted by Gasteiger charge is 2.24. The second-order valence-corrected chi connectivity index (χ2v) is 20.5. The Kier molecular flexibility index (Phi) is 47.6. The molecule has 7 nitrogen and oxygen atoms in total. The van der Waals surface area contributed by atoms with Crippen molar-refractivity contribution >= 4 is 17.8 Å². The van der Waals surface area contributed by atoms with E-state index in [2.05, 4.69) is 58.5 Å². The van der Waals surface area contributed by atoms with Crippen molar-refractivity contribution in [3.8, 4) is 0 Å². The van der Waals surface area contributed by atoms with Gasteiger partial charge in [-0.05, 0) is 111 Å². The first kappa shape index (κ1) is 63.4. The summed E-state index contributed by atoms with van der Waals surface area (Å²) in [4.78, 5) is 44.6. The van der Waals surface area contributed by atoms with Gasteiger partial charge in [0.1, 0.15) is 12.2 Å². The van der Waals surface area contributed by atoms with Crippen molar-refractivity contribution in [1.82, 2.24) is 9.80 Å². The molecule has 0 heterocycles. The summed E-state index contributed by atoms with van der Waals surface area (Å²) in [6.07, 6.45) is 47.1. The van der Waals surface area contributed by atoms with Crippen molar-refractivity contribution in [2.45, 2.75) is 317 Å². The molecule has 0 rings (SSSR count). The molecule has 7 heteroatoms. The predicted molar refractivity (Wildman–Crippen MR) is 281 cm³/mol. The van der Waals surface area contributed by atoms with Crippen molar-refractivity contribution in [1.29, 1.82) is 0 Å². The van der Waals surface area contributed by atoms with Crippen molar-refractivity contribution < 1.29 is 23.9 Å². The lowest BCUT2D eigenvalue weighted by Crippen LogP contribution is -2.38. The minimum absolute atomic E-state index is 0.00290. The van der Waals surface area contributed by atoms with Gasteiger partial charge in [0.25, 0.3) is 0 Å². The molecule has 65 heavy (non-hydrogen) atoms. The van der Waals surface area contributed by atoms with Crippen molar-refractivity contribution in [3.63, 3.8) is 0 Å². The number of hydrogen-bond donors (Lipinski definition) is 0. The lowest BCUT2D eigenvalue weighted by molar-refractivity contribution is -0.151. The van der Waals surface area contributed by atoms with Crippen LogP contribution < -0.4 is 0 Å². The Morgan fingerprint density at radius 2 is 0.631 bits per heavy atom. The molecule has 0 N–H and O–H groups in total. The normalized spacial score (nSPS) is 11.7. The third-order valence-corrected chi connectivity index (χ3v) is 13.7. The Hall–Kier alpha value is -1.63. The summed E-state index contributed by atoms with van der Waals surface area (Å²) in [7, 11) is 4.25. The maximum absolute atomic E-state index is 14.4. The smallest absolute Gasteiger partial charge is 0.306 e. The Morgan fingerprint density at radius 1 is 0.338 bits per heavy atom. The van der Waals surface area contributed by atoms with E-state index in [1.165, 1.54) is 116 Å². The molecule has 0 fully saturated rings. The highest BCUT2D eigenvalue weighted by molar-refractivity contribution is 5.78. The van der Waals surface area contributed by atoms with Gasteiger partial charge in [0.2, 0.25) is 5.91 Å². The molecule has 0 saturated heterocycles. The van der Waals surface area contributed by atoms with Gasteiger partial charge < -0.3 is 19.3 Å². The van der Waals surface area contributed by atoms with Crippen LogP contribution in [0.3, 0.4) is 0 Å². The van der Waals surface area contributed by atoms with Crippen molar-refractivity contribution in [3.05, 3.63) is 0 Å². The fourth-order valence-corrected chi connectivity index (χ4v) is 9.41. The van der Waals surface area contributed by atoms with Crippen LogP contribution in [0.25, 0.3) is 0 Å². The molecular weight excluding hydrogens is 805 g/mol. The second-order valence-electron chi connectivity index (χ2n) is 20.5. The van der Waals surface area contributed by atoms with E-state index >= 15 is 0 Å². The summed E-state index contributed by atoms with van der Waals surface area (Å²) in [6, 6.07) is 0. The van der Waals surface area contributed by atoms with Crippen LogP contribution in [0.15, 0.2) is 0 Å². The molecule has 0 aromatic carbocycles. The first-order valence-electron chi connectivity index (χ1n) is 29.0. The van der Waals surface area contributed by atoms with Gasteiger partial charge in [-0.1, -0.05) is 202 Å². The first-order chi connectivity index (χ1) is 31.7. The van der Waals surface area contributed by atoms with Crippen LogP contribution in [-0.4, -0.2) is 73.6 Å². The molecule has 0 bridgehead atoms. The molecule has 0 aliphatic heterocycles. The molecule has 0 unspecified atom stereocenters. The summed E-state index contributed by atoms with van der Waals surface area (Å²) in [5, 5.41) is 0. The van der Waals surface area contributed by atoms with E-state index in [0.29, 0.717) is 18.7 Å². The molecule has 0 aromatic rings. The van der Waals surface area contributed by atoms with E-state index in [4.69, 9.17) is 9.47 Å². The number of nitrogens with zero attached hydrogens (tertiary/aromatic N) is 2. The maximum Gasteiger partial charge on any atom is 0.306 e. The molecule has 0 radical (unpaired) electrons. The summed E-state index contributed by atoms with van der Waals surface area (Å²) in [6.45, 7) is 14.0. The Balaban J connectivity index is 5.17. The average molecular weight is 920 g/mol. The SMILES string of the molecule is CCCCCCCCCN(CCCN(C)C)C(=O)C(CCCCCCCC(=O)OC(CCCCCC)CCCCCC)CCCCCCCC(=O)OC(CCCCCC)CCCCCC. The number of amides is 1. The highest BCUT2D eigenvalue weighted by atomic mass is 16.5. The zero-order valence-electron chi connectivity index (χ0n) is 45.0. The molecule has 1 amide bonds. The van der Waals surface area contributed by atoms with E-state index in [-0.39, 0.29) is 30.1 Å². The lowest BCUT2D eigenvalue weighted by Gasteiger charge is -2.28. The fraction of sp³-hybridized carbons (Fsp3) is 0.948. The standard InChI is InChI=1S/C58H114N2O5/c1-8-13-18-23-24-31-40-51-60(52-41-50-59(6)7)58(63)53(42-32-27-25-29-38-48-56(61)64-54(44-34-19-14-9-2)45-35-20-15-10-3)43-33-28-26-30-39-49-57(62)65-55(46-36-21-16-11-4)47-37-22-17-12-5/h53-55H,8-52H2,1-7H3. The van der Waals surface area contributed by atoms with Gasteiger partial charge >= 0.3 is 11.9 Å². The van der Waals surface area contributed by atoms with Gasteiger partial charge in [-0.2, -0.15) is 0 Å². The number of rotatable bonds is 51. The Morgan fingerprint density at radius 3 is 1.00 bits per heavy atom. The third-order valence-electron chi connectivity index (χ3n) is 13.7. The van der Waals surface area contributed by atoms with Crippen molar-refractivity contribution in [2.24, 2.45) is 5.92 Å². The number of carbonyl (C=O) groups excluding carboxylic acids is 3. The van der Waals surface area contributed by atoms with E-state index in [1.807, 2.05) is 0 Å². The molecule has 0 spiro atoms. The number of carbonyl (C=O) groups is 3. The van der Waals surface area contributed by atoms with Gasteiger partial charge in [0.05, 0.1) is 0 Å². The van der Waals surface area contributed by atoms with Gasteiger partial charge in [0, 0.05) is 31.8 Å². The summed E-state index contributed by atoms with van der Waals surface area (Å²) < 4.78 is 12.1. The molecule has 0 aliphatic carbocycles. The van der Waals surface area contributed by atoms with Crippen molar-refractivity contribution in [2.75, 3.05) is 33.7 Å². The van der Waals surface area contributed by atoms with Gasteiger partial charge in [-0.15, -0.1) is 0 Å². The van der Waals surface area contributed by atoms with Gasteiger partial charge in [0.15, 0.2) is 0 Å². The largest absolute Gasteiger partial charge is 0.462 e. The Bertz CT molecular complexity index is 956. The van der Waals surface area contributed by atoms with E-state index in [0.717, 1.165) is 161 Å². The van der Waals surface area contributed by atoms with Crippen LogP contribution in [0.2, 0.25) is 0 Å². The van der Waals surface area contributed by atoms with E-state index in [1.54, 1.807) is 0 Å². The molecule has 0 saturated carbocycles. The monoisotopic (exact) mass is 919 g/mol. The second kappa shape index (κ2) is 48.8. The summed E-state index contributed by atoms with van der Waals surface area (Å²) >= 11 is 0. The van der Waals surface area contributed by atoms with Crippen LogP contribution in [0.4, 0.5) is 0 Å². The fourth-order valence-electron chi connectivity index (χ4n) is 9.41. The number of ether oxygens (including phenoxy) is 2. The van der Waals surface area contributed by atoms with E-state index < -0.39 is 0 Å². The summed E-state index contributed by atoms with van der Waals surface area (Å²) in [5.74, 6) is 0.467. The average Bonchev–Trinajstić information content (AvgIpc) is 3.29. The predicted octanol–water partition coefficient (Wildman–Crippen LogP) is 17.3. The molecule has 0 atom stereocenters.